The molecule has 98 valence electrons. The first kappa shape index (κ1) is 16.1. The minimum Gasteiger partial charge on any atom is -0.414 e. The summed E-state index contributed by atoms with van der Waals surface area (Å²) in [5.41, 5.74) is 0. The number of hydrogen-bond acceptors (Lipinski definition) is 2. The van der Waals surface area contributed by atoms with Gasteiger partial charge in [0.15, 0.2) is 8.32 Å². The van der Waals surface area contributed by atoms with Crippen LogP contribution in [0.2, 0.25) is 18.1 Å². The quantitative estimate of drug-likeness (QED) is 0.544. The van der Waals surface area contributed by atoms with E-state index in [1.165, 1.54) is 0 Å². The van der Waals surface area contributed by atoms with Crippen molar-refractivity contribution >= 4 is 8.32 Å². The Balaban J connectivity index is 3.90. The van der Waals surface area contributed by atoms with Crippen molar-refractivity contribution in [2.24, 2.45) is 0 Å². The molecule has 1 N–H and O–H groups in total. The molecular weight excluding hydrogens is 216 g/mol. The summed E-state index contributed by atoms with van der Waals surface area (Å²) >= 11 is 0. The summed E-state index contributed by atoms with van der Waals surface area (Å²) in [6.07, 6.45) is 4.68. The molecule has 1 atom stereocenters. The minimum atomic E-state index is -1.59. The van der Waals surface area contributed by atoms with Crippen LogP contribution in [0.3, 0.4) is 0 Å². The van der Waals surface area contributed by atoms with Crippen LogP contribution in [0.1, 0.15) is 53.4 Å². The van der Waals surface area contributed by atoms with Crippen molar-refractivity contribution < 1.29 is 9.53 Å². The SMILES string of the molecule is CC(CCCCCO)O[Si](C)(C)C(C)(C)C. The van der Waals surface area contributed by atoms with E-state index >= 15 is 0 Å². The smallest absolute Gasteiger partial charge is 0.192 e. The van der Waals surface area contributed by atoms with E-state index in [2.05, 4.69) is 40.8 Å². The molecule has 0 bridgehead atoms. The van der Waals surface area contributed by atoms with Gasteiger partial charge in [-0.25, -0.2) is 0 Å². The van der Waals surface area contributed by atoms with Crippen LogP contribution in [0.15, 0.2) is 0 Å². The van der Waals surface area contributed by atoms with Crippen LogP contribution in [0.4, 0.5) is 0 Å². The van der Waals surface area contributed by atoms with Gasteiger partial charge in [-0.1, -0.05) is 33.6 Å². The molecule has 0 saturated carbocycles. The van der Waals surface area contributed by atoms with E-state index in [0.29, 0.717) is 17.7 Å². The number of aliphatic hydroxyl groups excluding tert-OH is 1. The number of unbranched alkanes of at least 4 members (excludes halogenated alkanes) is 2. The average Bonchev–Trinajstić information content (AvgIpc) is 2.10. The third-order valence-corrected chi connectivity index (χ3v) is 8.17. The molecule has 3 heteroatoms. The standard InChI is InChI=1S/C13H30O2Si/c1-12(10-8-7-9-11-14)15-16(5,6)13(2,3)4/h12,14H,7-11H2,1-6H3. The second-order valence-electron chi connectivity index (χ2n) is 6.26. The predicted octanol–water partition coefficient (Wildman–Crippen LogP) is 3.95. The van der Waals surface area contributed by atoms with Gasteiger partial charge in [0.2, 0.25) is 0 Å². The fourth-order valence-electron chi connectivity index (χ4n) is 1.46. The minimum absolute atomic E-state index is 0.298. The Labute approximate surface area is 103 Å². The third kappa shape index (κ3) is 6.02. The van der Waals surface area contributed by atoms with Crippen molar-refractivity contribution in [3.8, 4) is 0 Å². The lowest BCUT2D eigenvalue weighted by atomic mass is 10.1. The molecule has 0 aromatic heterocycles. The molecule has 0 radical (unpaired) electrons. The Morgan fingerprint density at radius 1 is 1.12 bits per heavy atom. The topological polar surface area (TPSA) is 29.5 Å². The summed E-state index contributed by atoms with van der Waals surface area (Å²) < 4.78 is 6.26. The van der Waals surface area contributed by atoms with Gasteiger partial charge in [-0.2, -0.15) is 0 Å². The van der Waals surface area contributed by atoms with Crippen LogP contribution >= 0.6 is 0 Å². The molecule has 16 heavy (non-hydrogen) atoms. The molecule has 0 heterocycles. The molecule has 0 saturated heterocycles. The highest BCUT2D eigenvalue weighted by atomic mass is 28.4. The molecule has 0 aliphatic rings. The van der Waals surface area contributed by atoms with E-state index < -0.39 is 8.32 Å². The molecule has 0 fully saturated rings. The van der Waals surface area contributed by atoms with Gasteiger partial charge < -0.3 is 9.53 Å². The molecule has 0 spiro atoms. The van der Waals surface area contributed by atoms with Crippen molar-refractivity contribution in [2.45, 2.75) is 77.6 Å². The fourth-order valence-corrected chi connectivity index (χ4v) is 2.94. The summed E-state index contributed by atoms with van der Waals surface area (Å²) in [7, 11) is -1.59. The zero-order valence-corrected chi connectivity index (χ0v) is 13.0. The summed E-state index contributed by atoms with van der Waals surface area (Å²) in [4.78, 5) is 0. The molecular formula is C13H30O2Si. The summed E-state index contributed by atoms with van der Waals surface area (Å²) in [6, 6.07) is 0. The molecule has 0 aromatic carbocycles. The van der Waals surface area contributed by atoms with E-state index in [1.54, 1.807) is 0 Å². The first-order valence-corrected chi connectivity index (χ1v) is 9.40. The second kappa shape index (κ2) is 6.77. The summed E-state index contributed by atoms with van der Waals surface area (Å²) in [5, 5.41) is 9.00. The van der Waals surface area contributed by atoms with E-state index in [-0.39, 0.29) is 0 Å². The lowest BCUT2D eigenvalue weighted by Gasteiger charge is -2.38. The van der Waals surface area contributed by atoms with Gasteiger partial charge in [0.1, 0.15) is 0 Å². The van der Waals surface area contributed by atoms with Crippen molar-refractivity contribution in [3.05, 3.63) is 0 Å². The normalized spacial score (nSPS) is 15.2. The highest BCUT2D eigenvalue weighted by Gasteiger charge is 2.38. The van der Waals surface area contributed by atoms with E-state index in [0.717, 1.165) is 25.7 Å². The van der Waals surface area contributed by atoms with Crippen LogP contribution < -0.4 is 0 Å². The monoisotopic (exact) mass is 246 g/mol. The maximum atomic E-state index is 8.70. The van der Waals surface area contributed by atoms with Crippen LogP contribution in [-0.2, 0) is 4.43 Å². The van der Waals surface area contributed by atoms with Gasteiger partial charge in [-0.05, 0) is 37.9 Å². The second-order valence-corrected chi connectivity index (χ2v) is 11.0. The molecule has 0 amide bonds. The van der Waals surface area contributed by atoms with E-state index in [1.807, 2.05) is 0 Å². The molecule has 0 aliphatic heterocycles. The molecule has 0 rings (SSSR count). The zero-order chi connectivity index (χ0) is 12.8. The zero-order valence-electron chi connectivity index (χ0n) is 12.0. The van der Waals surface area contributed by atoms with Crippen molar-refractivity contribution in [3.63, 3.8) is 0 Å². The first-order valence-electron chi connectivity index (χ1n) is 6.49. The average molecular weight is 246 g/mol. The molecule has 1 unspecified atom stereocenters. The highest BCUT2D eigenvalue weighted by molar-refractivity contribution is 6.74. The Hall–Kier alpha value is 0.137. The van der Waals surface area contributed by atoms with Crippen LogP contribution in [0.25, 0.3) is 0 Å². The number of aliphatic hydroxyl groups is 1. The van der Waals surface area contributed by atoms with Crippen LogP contribution in [-0.4, -0.2) is 26.1 Å². The van der Waals surface area contributed by atoms with Crippen LogP contribution in [0.5, 0.6) is 0 Å². The van der Waals surface area contributed by atoms with Gasteiger partial charge in [-0.3, -0.25) is 0 Å². The van der Waals surface area contributed by atoms with Gasteiger partial charge >= 0.3 is 0 Å². The Kier molecular flexibility index (Phi) is 6.83. The van der Waals surface area contributed by atoms with E-state index in [4.69, 9.17) is 9.53 Å². The predicted molar refractivity (Wildman–Crippen MR) is 73.3 cm³/mol. The Morgan fingerprint density at radius 2 is 1.69 bits per heavy atom. The molecule has 0 aliphatic carbocycles. The summed E-state index contributed by atoms with van der Waals surface area (Å²) in [6.45, 7) is 13.9. The Bertz CT molecular complexity index is 185. The van der Waals surface area contributed by atoms with Crippen molar-refractivity contribution in [1.82, 2.24) is 0 Å². The molecule has 0 aromatic rings. The van der Waals surface area contributed by atoms with Gasteiger partial charge in [-0.15, -0.1) is 0 Å². The third-order valence-electron chi connectivity index (χ3n) is 3.57. The molecule has 2 nitrogen and oxygen atoms in total. The van der Waals surface area contributed by atoms with Gasteiger partial charge in [0.05, 0.1) is 0 Å². The Morgan fingerprint density at radius 3 is 2.12 bits per heavy atom. The van der Waals surface area contributed by atoms with Crippen LogP contribution in [0, 0.1) is 0 Å². The lowest BCUT2D eigenvalue weighted by Crippen LogP contribution is -2.43. The summed E-state index contributed by atoms with van der Waals surface area (Å²) in [5.74, 6) is 0. The van der Waals surface area contributed by atoms with Crippen molar-refractivity contribution in [2.75, 3.05) is 6.61 Å². The lowest BCUT2D eigenvalue weighted by molar-refractivity contribution is 0.183. The highest BCUT2D eigenvalue weighted by Crippen LogP contribution is 2.37. The maximum absolute atomic E-state index is 8.70. The van der Waals surface area contributed by atoms with Gasteiger partial charge in [0, 0.05) is 12.7 Å². The number of hydrogen-bond donors (Lipinski definition) is 1. The fraction of sp³-hybridized carbons (Fsp3) is 1.00. The number of rotatable bonds is 7. The maximum Gasteiger partial charge on any atom is 0.192 e. The largest absolute Gasteiger partial charge is 0.414 e. The van der Waals surface area contributed by atoms with E-state index in [9.17, 15) is 0 Å². The van der Waals surface area contributed by atoms with Crippen molar-refractivity contribution in [1.29, 1.82) is 0 Å². The first-order chi connectivity index (χ1) is 7.20. The van der Waals surface area contributed by atoms with Gasteiger partial charge in [0.25, 0.3) is 0 Å².